The van der Waals surface area contributed by atoms with E-state index < -0.39 is 29.0 Å². The first-order valence-electron chi connectivity index (χ1n) is 6.15. The fraction of sp³-hybridized carbons (Fsp3) is 0.667. The summed E-state index contributed by atoms with van der Waals surface area (Å²) in [5.41, 5.74) is 5.65. The van der Waals surface area contributed by atoms with Gasteiger partial charge in [-0.3, -0.25) is 4.57 Å². The molecule has 0 saturated carbocycles. The van der Waals surface area contributed by atoms with Gasteiger partial charge in [-0.25, -0.2) is 4.79 Å². The van der Waals surface area contributed by atoms with Crippen LogP contribution in [0.2, 0.25) is 0 Å². The molecule has 3 N–H and O–H groups in total. The fourth-order valence-corrected chi connectivity index (χ4v) is 2.56. The van der Waals surface area contributed by atoms with Gasteiger partial charge in [-0.2, -0.15) is 4.98 Å². The van der Waals surface area contributed by atoms with Crippen LogP contribution in [0.3, 0.4) is 0 Å². The second-order valence-electron chi connectivity index (χ2n) is 5.08. The molecule has 0 radical (unpaired) electrons. The van der Waals surface area contributed by atoms with Crippen LogP contribution in [-0.4, -0.2) is 45.5 Å². The van der Waals surface area contributed by atoms with E-state index in [1.165, 1.54) is 17.9 Å². The van der Waals surface area contributed by atoms with Crippen molar-refractivity contribution in [1.29, 1.82) is 0 Å². The number of nitrogens with two attached hydrogens (primary N) is 1. The zero-order chi connectivity index (χ0) is 15.1. The van der Waals surface area contributed by atoms with Crippen molar-refractivity contribution in [3.8, 4) is 0 Å². The number of ether oxygens (including phenoxy) is 2. The zero-order valence-electron chi connectivity index (χ0n) is 11.5. The number of methoxy groups -OCH3 is 1. The van der Waals surface area contributed by atoms with Gasteiger partial charge in [0.15, 0.2) is 6.23 Å². The van der Waals surface area contributed by atoms with Gasteiger partial charge in [0.25, 0.3) is 0 Å². The molecule has 4 atom stereocenters. The number of aliphatic hydroxyl groups is 1. The van der Waals surface area contributed by atoms with Crippen LogP contribution in [0.15, 0.2) is 11.0 Å². The lowest BCUT2D eigenvalue weighted by atomic mass is 10.0. The third-order valence-corrected chi connectivity index (χ3v) is 3.88. The predicted molar refractivity (Wildman–Crippen MR) is 73.7 cm³/mol. The first-order valence-corrected chi connectivity index (χ1v) is 6.53. The fourth-order valence-electron chi connectivity index (χ4n) is 2.26. The second-order valence-corrected chi connectivity index (χ2v) is 5.89. The van der Waals surface area contributed by atoms with Gasteiger partial charge in [-0.1, -0.05) is 0 Å². The second kappa shape index (κ2) is 5.33. The third-order valence-electron chi connectivity index (χ3n) is 3.47. The van der Waals surface area contributed by atoms with Crippen LogP contribution >= 0.6 is 11.6 Å². The van der Waals surface area contributed by atoms with E-state index in [0.29, 0.717) is 5.56 Å². The molecule has 1 aromatic heterocycles. The minimum absolute atomic E-state index is 0.162. The molecule has 1 fully saturated rings. The van der Waals surface area contributed by atoms with Crippen molar-refractivity contribution in [2.75, 3.05) is 19.5 Å². The smallest absolute Gasteiger partial charge is 0.351 e. The molecular weight excluding hydrogens is 286 g/mol. The Balaban J connectivity index is 2.42. The number of anilines is 1. The van der Waals surface area contributed by atoms with Crippen LogP contribution in [0, 0.1) is 6.92 Å². The number of nitrogen functional groups attached to an aromatic ring is 1. The Labute approximate surface area is 121 Å². The molecule has 0 amide bonds. The van der Waals surface area contributed by atoms with Crippen molar-refractivity contribution in [3.05, 3.63) is 22.2 Å². The molecule has 0 aliphatic carbocycles. The molecule has 1 saturated heterocycles. The van der Waals surface area contributed by atoms with Crippen molar-refractivity contribution in [1.82, 2.24) is 9.55 Å². The summed E-state index contributed by atoms with van der Waals surface area (Å²) in [7, 11) is 1.50. The molecule has 1 aromatic rings. The van der Waals surface area contributed by atoms with E-state index in [1.54, 1.807) is 13.8 Å². The van der Waals surface area contributed by atoms with E-state index in [-0.39, 0.29) is 12.4 Å². The highest BCUT2D eigenvalue weighted by Crippen LogP contribution is 2.42. The Morgan fingerprint density at radius 3 is 2.95 bits per heavy atom. The number of nitrogens with zero attached hydrogens (tertiary/aromatic N) is 2. The number of alkyl halides is 1. The maximum atomic E-state index is 12.0. The van der Waals surface area contributed by atoms with E-state index in [4.69, 9.17) is 26.8 Å². The predicted octanol–water partition coefficient (Wildman–Crippen LogP) is 0.0361. The minimum Gasteiger partial charge on any atom is -0.388 e. The number of aromatic nitrogens is 2. The number of aryl methyl sites for hydroxylation is 1. The first-order chi connectivity index (χ1) is 9.28. The number of hydrogen-bond acceptors (Lipinski definition) is 6. The van der Waals surface area contributed by atoms with Crippen LogP contribution in [0.4, 0.5) is 5.82 Å². The average molecular weight is 304 g/mol. The summed E-state index contributed by atoms with van der Waals surface area (Å²) in [5.74, 6) is 0.162. The summed E-state index contributed by atoms with van der Waals surface area (Å²) in [6, 6.07) is 0. The van der Waals surface area contributed by atoms with Crippen LogP contribution in [0.1, 0.15) is 18.7 Å². The molecule has 0 spiro atoms. The van der Waals surface area contributed by atoms with Crippen LogP contribution in [-0.2, 0) is 9.47 Å². The molecule has 0 aromatic carbocycles. The number of rotatable bonds is 3. The molecular formula is C12H18ClN3O4. The normalized spacial score (nSPS) is 33.5. The quantitative estimate of drug-likeness (QED) is 0.765. The van der Waals surface area contributed by atoms with Gasteiger partial charge < -0.3 is 20.3 Å². The third kappa shape index (κ3) is 2.42. The van der Waals surface area contributed by atoms with Gasteiger partial charge in [0.05, 0.1) is 6.61 Å². The number of aliphatic hydroxyl groups excluding tert-OH is 1. The molecule has 0 bridgehead atoms. The highest BCUT2D eigenvalue weighted by molar-refractivity contribution is 6.24. The molecule has 2 heterocycles. The van der Waals surface area contributed by atoms with Crippen molar-refractivity contribution < 1.29 is 14.6 Å². The number of halogens is 1. The summed E-state index contributed by atoms with van der Waals surface area (Å²) in [4.78, 5) is 14.5. The van der Waals surface area contributed by atoms with E-state index >= 15 is 0 Å². The average Bonchev–Trinajstić information content (AvgIpc) is 2.58. The topological polar surface area (TPSA) is 99.6 Å². The monoisotopic (exact) mass is 303 g/mol. The Hall–Kier alpha value is -1.15. The van der Waals surface area contributed by atoms with E-state index in [0.717, 1.165) is 0 Å². The Bertz CT molecular complexity index is 560. The van der Waals surface area contributed by atoms with Crippen LogP contribution in [0.25, 0.3) is 0 Å². The molecule has 20 heavy (non-hydrogen) atoms. The van der Waals surface area contributed by atoms with Crippen LogP contribution < -0.4 is 11.4 Å². The van der Waals surface area contributed by atoms with Crippen molar-refractivity contribution >= 4 is 17.4 Å². The van der Waals surface area contributed by atoms with Gasteiger partial charge in [0.1, 0.15) is 22.9 Å². The highest BCUT2D eigenvalue weighted by atomic mass is 35.5. The minimum atomic E-state index is -1.17. The summed E-state index contributed by atoms with van der Waals surface area (Å²) in [6.07, 6.45) is -0.910. The molecule has 1 aliphatic rings. The van der Waals surface area contributed by atoms with Gasteiger partial charge in [-0.15, -0.1) is 11.6 Å². The lowest BCUT2D eigenvalue weighted by Gasteiger charge is -2.26. The van der Waals surface area contributed by atoms with E-state index in [1.807, 2.05) is 0 Å². The molecule has 1 aliphatic heterocycles. The molecule has 112 valence electrons. The van der Waals surface area contributed by atoms with E-state index in [9.17, 15) is 9.90 Å². The largest absolute Gasteiger partial charge is 0.388 e. The van der Waals surface area contributed by atoms with E-state index in [2.05, 4.69) is 4.98 Å². The van der Waals surface area contributed by atoms with Crippen LogP contribution in [0.5, 0.6) is 0 Å². The van der Waals surface area contributed by atoms with Crippen molar-refractivity contribution in [3.63, 3.8) is 0 Å². The summed E-state index contributed by atoms with van der Waals surface area (Å²) in [6.45, 7) is 3.51. The summed E-state index contributed by atoms with van der Waals surface area (Å²) in [5, 5.41) is 10.2. The molecule has 8 heteroatoms. The Kier molecular flexibility index (Phi) is 4.06. The molecule has 2 rings (SSSR count). The number of hydrogen-bond donors (Lipinski definition) is 2. The Morgan fingerprint density at radius 1 is 1.70 bits per heavy atom. The standard InChI is InChI=1S/C12H18ClN3O4/c1-6-4-16(11(18)15-9(6)14)10-12(2,13)8(17)7(20-10)5-19-3/h4,7-8,10,17H,5H2,1-3H3,(H2,14,15,18). The van der Waals surface area contributed by atoms with Gasteiger partial charge >= 0.3 is 5.69 Å². The van der Waals surface area contributed by atoms with Gasteiger partial charge in [0, 0.05) is 18.9 Å². The maximum Gasteiger partial charge on any atom is 0.351 e. The van der Waals surface area contributed by atoms with Crippen molar-refractivity contribution in [2.45, 2.75) is 37.2 Å². The molecule has 4 unspecified atom stereocenters. The van der Waals surface area contributed by atoms with Gasteiger partial charge in [0.2, 0.25) is 0 Å². The van der Waals surface area contributed by atoms with Gasteiger partial charge in [-0.05, 0) is 13.8 Å². The lowest BCUT2D eigenvalue weighted by Crippen LogP contribution is -2.42. The maximum absolute atomic E-state index is 12.0. The SMILES string of the molecule is COCC1OC(n2cc(C)c(N)nc2=O)C(C)(Cl)C1O. The zero-order valence-corrected chi connectivity index (χ0v) is 12.3. The van der Waals surface area contributed by atoms with Crippen molar-refractivity contribution in [2.24, 2.45) is 0 Å². The lowest BCUT2D eigenvalue weighted by molar-refractivity contribution is -0.0555. The highest BCUT2D eigenvalue weighted by Gasteiger charge is 2.53. The Morgan fingerprint density at radius 2 is 2.35 bits per heavy atom. The summed E-state index contributed by atoms with van der Waals surface area (Å²) >= 11 is 6.36. The summed E-state index contributed by atoms with van der Waals surface area (Å²) < 4.78 is 11.9. The first kappa shape index (κ1) is 15.2. The molecule has 7 nitrogen and oxygen atoms in total.